The molecule has 2 aromatic heterocycles. The number of ether oxygens (including phenoxy) is 1. The highest BCUT2D eigenvalue weighted by atomic mass is 32.2. The second kappa shape index (κ2) is 12.0. The zero-order chi connectivity index (χ0) is 23.0. The van der Waals surface area contributed by atoms with Gasteiger partial charge in [0.25, 0.3) is 0 Å². The molecule has 0 bridgehead atoms. The number of fused-ring (bicyclic) bond motifs is 1. The Morgan fingerprint density at radius 2 is 1.97 bits per heavy atom. The molecule has 1 saturated carbocycles. The van der Waals surface area contributed by atoms with Gasteiger partial charge in [0.1, 0.15) is 5.82 Å². The van der Waals surface area contributed by atoms with Crippen LogP contribution in [0.1, 0.15) is 58.8 Å². The van der Waals surface area contributed by atoms with Crippen molar-refractivity contribution in [2.75, 3.05) is 43.5 Å². The maximum atomic E-state index is 12.7. The Morgan fingerprint density at radius 1 is 1.18 bits per heavy atom. The molecular weight excluding hydrogens is 436 g/mol. The second-order valence-electron chi connectivity index (χ2n) is 9.12. The molecule has 182 valence electrons. The van der Waals surface area contributed by atoms with Gasteiger partial charge in [-0.25, -0.2) is 14.6 Å². The number of hydrogen-bond donors (Lipinski definition) is 1. The van der Waals surface area contributed by atoms with Gasteiger partial charge in [-0.3, -0.25) is 4.79 Å². The van der Waals surface area contributed by atoms with Crippen LogP contribution in [-0.2, 0) is 16.1 Å². The summed E-state index contributed by atoms with van der Waals surface area (Å²) in [5.74, 6) is 3.04. The first-order valence-corrected chi connectivity index (χ1v) is 13.6. The van der Waals surface area contributed by atoms with E-state index in [-0.39, 0.29) is 11.8 Å². The molecular formula is C24H38N6O2S. The van der Waals surface area contributed by atoms with Gasteiger partial charge in [-0.2, -0.15) is 5.10 Å². The van der Waals surface area contributed by atoms with Gasteiger partial charge in [-0.05, 0) is 37.4 Å². The van der Waals surface area contributed by atoms with Gasteiger partial charge in [-0.15, -0.1) is 0 Å². The van der Waals surface area contributed by atoms with Crippen molar-refractivity contribution in [3.8, 4) is 0 Å². The van der Waals surface area contributed by atoms with Crippen molar-refractivity contribution in [1.82, 2.24) is 25.1 Å². The molecule has 1 N–H and O–H groups in total. The molecule has 0 spiro atoms. The number of morpholine rings is 1. The van der Waals surface area contributed by atoms with Crippen LogP contribution in [0.4, 0.5) is 5.82 Å². The van der Waals surface area contributed by atoms with Crippen molar-refractivity contribution in [2.45, 2.75) is 70.5 Å². The average molecular weight is 475 g/mol. The number of unbranched alkanes of at least 4 members (excludes halogenated alkanes) is 1. The van der Waals surface area contributed by atoms with E-state index >= 15 is 0 Å². The first kappa shape index (κ1) is 24.3. The molecule has 0 unspecified atom stereocenters. The van der Waals surface area contributed by atoms with Crippen molar-refractivity contribution in [3.63, 3.8) is 0 Å². The topological polar surface area (TPSA) is 85.2 Å². The predicted molar refractivity (Wildman–Crippen MR) is 133 cm³/mol. The lowest BCUT2D eigenvalue weighted by atomic mass is 9.79. The van der Waals surface area contributed by atoms with Crippen molar-refractivity contribution < 1.29 is 9.53 Å². The van der Waals surface area contributed by atoms with Crippen molar-refractivity contribution in [1.29, 1.82) is 0 Å². The van der Waals surface area contributed by atoms with Crippen LogP contribution in [0, 0.1) is 11.8 Å². The van der Waals surface area contributed by atoms with E-state index < -0.39 is 0 Å². The lowest BCUT2D eigenvalue weighted by Gasteiger charge is -2.28. The summed E-state index contributed by atoms with van der Waals surface area (Å²) in [6, 6.07) is 0. The van der Waals surface area contributed by atoms with E-state index in [4.69, 9.17) is 14.7 Å². The Kier molecular flexibility index (Phi) is 8.83. The molecule has 3 heterocycles. The van der Waals surface area contributed by atoms with Crippen LogP contribution < -0.4 is 10.2 Å². The molecule has 1 saturated heterocycles. The lowest BCUT2D eigenvalue weighted by molar-refractivity contribution is -0.126. The maximum absolute atomic E-state index is 12.7. The minimum Gasteiger partial charge on any atom is -0.378 e. The van der Waals surface area contributed by atoms with Crippen LogP contribution in [0.3, 0.4) is 0 Å². The molecule has 2 aromatic rings. The molecule has 1 aliphatic heterocycles. The molecule has 0 radical (unpaired) electrons. The number of carbonyl (C=O) groups excluding carboxylic acids is 1. The van der Waals surface area contributed by atoms with E-state index in [1.807, 2.05) is 10.9 Å². The maximum Gasteiger partial charge on any atom is 0.223 e. The Morgan fingerprint density at radius 3 is 2.70 bits per heavy atom. The smallest absolute Gasteiger partial charge is 0.223 e. The fraction of sp³-hybridized carbons (Fsp3) is 0.750. The first-order chi connectivity index (χ1) is 16.2. The zero-order valence-corrected chi connectivity index (χ0v) is 20.9. The van der Waals surface area contributed by atoms with E-state index in [1.54, 1.807) is 11.8 Å². The third-order valence-electron chi connectivity index (χ3n) is 6.85. The van der Waals surface area contributed by atoms with Crippen molar-refractivity contribution in [3.05, 3.63) is 6.20 Å². The summed E-state index contributed by atoms with van der Waals surface area (Å²) in [6.45, 7) is 8.60. The molecule has 4 rings (SSSR count). The van der Waals surface area contributed by atoms with E-state index in [1.165, 1.54) is 32.1 Å². The summed E-state index contributed by atoms with van der Waals surface area (Å²) in [5, 5.41) is 9.49. The number of hydrogen-bond acceptors (Lipinski definition) is 7. The number of rotatable bonds is 10. The Labute approximate surface area is 201 Å². The second-order valence-corrected chi connectivity index (χ2v) is 10.3. The van der Waals surface area contributed by atoms with Crippen LogP contribution in [-0.4, -0.2) is 64.3 Å². The van der Waals surface area contributed by atoms with E-state index in [9.17, 15) is 4.79 Å². The molecule has 2 aliphatic rings. The number of amides is 1. The molecule has 8 nitrogen and oxygen atoms in total. The molecule has 0 atom stereocenters. The van der Waals surface area contributed by atoms with E-state index in [2.05, 4.69) is 29.2 Å². The zero-order valence-electron chi connectivity index (χ0n) is 20.1. The monoisotopic (exact) mass is 474 g/mol. The quantitative estimate of drug-likeness (QED) is 0.413. The van der Waals surface area contributed by atoms with Crippen LogP contribution in [0.5, 0.6) is 0 Å². The standard InChI is InChI=1S/C24H38N6O2S/c1-3-5-6-18-7-9-19(10-8-18)23(31)25-11-12-30-22-20(17-26-30)21(27-24(28-22)33-4-2)29-13-15-32-16-14-29/h17-19H,3-16H2,1-2H3,(H,25,31). The Balaban J connectivity index is 1.37. The van der Waals surface area contributed by atoms with Gasteiger partial charge < -0.3 is 15.0 Å². The summed E-state index contributed by atoms with van der Waals surface area (Å²) in [7, 11) is 0. The fourth-order valence-electron chi connectivity index (χ4n) is 4.93. The highest BCUT2D eigenvalue weighted by Crippen LogP contribution is 2.32. The van der Waals surface area contributed by atoms with Gasteiger partial charge in [0, 0.05) is 25.6 Å². The first-order valence-electron chi connectivity index (χ1n) is 12.7. The molecule has 33 heavy (non-hydrogen) atoms. The van der Waals surface area contributed by atoms with E-state index in [0.717, 1.165) is 59.6 Å². The largest absolute Gasteiger partial charge is 0.378 e. The highest BCUT2D eigenvalue weighted by Gasteiger charge is 2.26. The predicted octanol–water partition coefficient (Wildman–Crippen LogP) is 3.89. The molecule has 1 amide bonds. The normalized spacial score (nSPS) is 21.5. The number of carbonyl (C=O) groups is 1. The molecule has 0 aromatic carbocycles. The van der Waals surface area contributed by atoms with Gasteiger partial charge in [0.15, 0.2) is 10.8 Å². The van der Waals surface area contributed by atoms with Crippen LogP contribution in [0.15, 0.2) is 11.4 Å². The highest BCUT2D eigenvalue weighted by molar-refractivity contribution is 7.99. The van der Waals surface area contributed by atoms with Gasteiger partial charge in [0.05, 0.1) is 31.3 Å². The van der Waals surface area contributed by atoms with E-state index in [0.29, 0.717) is 26.3 Å². The van der Waals surface area contributed by atoms with Crippen LogP contribution >= 0.6 is 11.8 Å². The van der Waals surface area contributed by atoms with Crippen molar-refractivity contribution in [2.24, 2.45) is 11.8 Å². The Hall–Kier alpha value is -1.87. The third-order valence-corrected chi connectivity index (χ3v) is 7.58. The third kappa shape index (κ3) is 6.18. The SMILES string of the molecule is CCCCC1CCC(C(=O)NCCn2ncc3c(N4CCOCC4)nc(SCC)nc32)CC1. The summed E-state index contributed by atoms with van der Waals surface area (Å²) >= 11 is 1.64. The molecule has 9 heteroatoms. The fourth-order valence-corrected chi connectivity index (χ4v) is 5.49. The number of anilines is 1. The average Bonchev–Trinajstić information content (AvgIpc) is 3.26. The van der Waals surface area contributed by atoms with Gasteiger partial charge in [-0.1, -0.05) is 44.9 Å². The van der Waals surface area contributed by atoms with Crippen LogP contribution in [0.2, 0.25) is 0 Å². The summed E-state index contributed by atoms with van der Waals surface area (Å²) in [6.07, 6.45) is 10.2. The van der Waals surface area contributed by atoms with Gasteiger partial charge in [0.2, 0.25) is 5.91 Å². The summed E-state index contributed by atoms with van der Waals surface area (Å²) < 4.78 is 7.42. The Bertz CT molecular complexity index is 906. The summed E-state index contributed by atoms with van der Waals surface area (Å²) in [5.41, 5.74) is 0.841. The number of nitrogens with one attached hydrogen (secondary N) is 1. The van der Waals surface area contributed by atoms with Crippen LogP contribution in [0.25, 0.3) is 11.0 Å². The summed E-state index contributed by atoms with van der Waals surface area (Å²) in [4.78, 5) is 24.6. The molecule has 1 aliphatic carbocycles. The number of thioether (sulfide) groups is 1. The number of aromatic nitrogens is 4. The number of nitrogens with zero attached hydrogens (tertiary/aromatic N) is 5. The van der Waals surface area contributed by atoms with Crippen molar-refractivity contribution >= 4 is 34.5 Å². The minimum absolute atomic E-state index is 0.167. The minimum atomic E-state index is 0.167. The van der Waals surface area contributed by atoms with Gasteiger partial charge >= 0.3 is 0 Å². The lowest BCUT2D eigenvalue weighted by Crippen LogP contribution is -2.37. The molecule has 2 fully saturated rings.